The van der Waals surface area contributed by atoms with Crippen molar-refractivity contribution < 1.29 is 0 Å². The summed E-state index contributed by atoms with van der Waals surface area (Å²) in [6.45, 7) is 4.18. The third-order valence-corrected chi connectivity index (χ3v) is 2.75. The molecule has 0 saturated heterocycles. The Labute approximate surface area is 108 Å². The average Bonchev–Trinajstić information content (AvgIpc) is 2.19. The van der Waals surface area contributed by atoms with E-state index in [4.69, 9.17) is 11.5 Å². The van der Waals surface area contributed by atoms with Crippen molar-refractivity contribution in [2.45, 2.75) is 13.8 Å². The van der Waals surface area contributed by atoms with E-state index in [-0.39, 0.29) is 12.4 Å². The molecule has 2 aromatic rings. The molecular formula is C14H17ClN2. The Balaban J connectivity index is 0.00000144. The predicted molar refractivity (Wildman–Crippen MR) is 77.4 cm³/mol. The quantitative estimate of drug-likeness (QED) is 0.759. The van der Waals surface area contributed by atoms with Crippen molar-refractivity contribution in [3.8, 4) is 11.1 Å². The second kappa shape index (κ2) is 5.11. The van der Waals surface area contributed by atoms with Crippen LogP contribution in [0.5, 0.6) is 0 Å². The van der Waals surface area contributed by atoms with Crippen LogP contribution in [0.15, 0.2) is 36.4 Å². The van der Waals surface area contributed by atoms with Gasteiger partial charge in [-0.05, 0) is 37.1 Å². The predicted octanol–water partition coefficient (Wildman–Crippen LogP) is 3.56. The number of anilines is 2. The zero-order chi connectivity index (χ0) is 11.7. The number of benzene rings is 2. The van der Waals surface area contributed by atoms with E-state index in [0.29, 0.717) is 5.69 Å². The second-order valence-electron chi connectivity index (χ2n) is 4.17. The highest BCUT2D eigenvalue weighted by Gasteiger charge is 2.05. The third kappa shape index (κ3) is 2.71. The molecule has 0 aliphatic rings. The molecule has 3 heteroatoms. The van der Waals surface area contributed by atoms with Gasteiger partial charge in [0, 0.05) is 16.9 Å². The zero-order valence-corrected chi connectivity index (χ0v) is 10.8. The van der Waals surface area contributed by atoms with Crippen molar-refractivity contribution in [1.82, 2.24) is 0 Å². The fraction of sp³-hybridized carbons (Fsp3) is 0.143. The molecule has 0 aliphatic heterocycles. The molecule has 0 bridgehead atoms. The van der Waals surface area contributed by atoms with Crippen LogP contribution < -0.4 is 11.5 Å². The Morgan fingerprint density at radius 2 is 1.47 bits per heavy atom. The van der Waals surface area contributed by atoms with Gasteiger partial charge in [-0.2, -0.15) is 0 Å². The minimum Gasteiger partial charge on any atom is -0.399 e. The van der Waals surface area contributed by atoms with Crippen LogP contribution in [-0.4, -0.2) is 0 Å². The summed E-state index contributed by atoms with van der Waals surface area (Å²) in [7, 11) is 0. The summed E-state index contributed by atoms with van der Waals surface area (Å²) in [5.74, 6) is 0. The van der Waals surface area contributed by atoms with Crippen molar-refractivity contribution >= 4 is 23.8 Å². The van der Waals surface area contributed by atoms with E-state index in [1.807, 2.05) is 12.1 Å². The van der Waals surface area contributed by atoms with Gasteiger partial charge in [-0.3, -0.25) is 0 Å². The van der Waals surface area contributed by atoms with Crippen LogP contribution in [0.2, 0.25) is 0 Å². The SMILES string of the molecule is Cc1ccc(-c2ccc(N)cc2N)c(C)c1.Cl. The Bertz CT molecular complexity index is 486. The minimum absolute atomic E-state index is 0. The molecule has 2 aromatic carbocycles. The van der Waals surface area contributed by atoms with Gasteiger partial charge in [0.2, 0.25) is 0 Å². The Kier molecular flexibility index (Phi) is 4.02. The molecule has 0 radical (unpaired) electrons. The van der Waals surface area contributed by atoms with Crippen molar-refractivity contribution in [2.75, 3.05) is 11.5 Å². The lowest BCUT2D eigenvalue weighted by Crippen LogP contribution is -1.94. The molecule has 0 spiro atoms. The first-order chi connectivity index (χ1) is 7.58. The molecule has 0 saturated carbocycles. The van der Waals surface area contributed by atoms with Gasteiger partial charge < -0.3 is 11.5 Å². The minimum atomic E-state index is 0. The first-order valence-electron chi connectivity index (χ1n) is 5.30. The Morgan fingerprint density at radius 1 is 0.824 bits per heavy atom. The highest BCUT2D eigenvalue weighted by atomic mass is 35.5. The van der Waals surface area contributed by atoms with Crippen LogP contribution >= 0.6 is 12.4 Å². The summed E-state index contributed by atoms with van der Waals surface area (Å²) in [5, 5.41) is 0. The molecule has 0 heterocycles. The van der Waals surface area contributed by atoms with E-state index in [0.717, 1.165) is 11.3 Å². The molecule has 90 valence electrons. The summed E-state index contributed by atoms with van der Waals surface area (Å²) < 4.78 is 0. The van der Waals surface area contributed by atoms with Crippen molar-refractivity contribution in [3.05, 3.63) is 47.5 Å². The van der Waals surface area contributed by atoms with Crippen LogP contribution in [0.1, 0.15) is 11.1 Å². The topological polar surface area (TPSA) is 52.0 Å². The van der Waals surface area contributed by atoms with Crippen LogP contribution in [-0.2, 0) is 0 Å². The molecule has 0 fully saturated rings. The normalized spacial score (nSPS) is 9.76. The summed E-state index contributed by atoms with van der Waals surface area (Å²) >= 11 is 0. The number of hydrogen-bond acceptors (Lipinski definition) is 2. The molecule has 0 atom stereocenters. The molecular weight excluding hydrogens is 232 g/mol. The highest BCUT2D eigenvalue weighted by Crippen LogP contribution is 2.30. The number of rotatable bonds is 1. The molecule has 0 aromatic heterocycles. The fourth-order valence-electron chi connectivity index (χ4n) is 1.94. The van der Waals surface area contributed by atoms with E-state index < -0.39 is 0 Å². The monoisotopic (exact) mass is 248 g/mol. The highest BCUT2D eigenvalue weighted by molar-refractivity contribution is 5.85. The number of nitrogen functional groups attached to an aromatic ring is 2. The fourth-order valence-corrected chi connectivity index (χ4v) is 1.94. The van der Waals surface area contributed by atoms with Gasteiger partial charge in [0.25, 0.3) is 0 Å². The molecule has 2 rings (SSSR count). The summed E-state index contributed by atoms with van der Waals surface area (Å²) in [5.41, 5.74) is 17.8. The molecule has 0 amide bonds. The van der Waals surface area contributed by atoms with Crippen molar-refractivity contribution in [1.29, 1.82) is 0 Å². The lowest BCUT2D eigenvalue weighted by molar-refractivity contribution is 1.38. The standard InChI is InChI=1S/C14H16N2.ClH/c1-9-3-5-12(10(2)7-9)13-6-4-11(15)8-14(13)16;/h3-8H,15-16H2,1-2H3;1H. The van der Waals surface area contributed by atoms with Crippen LogP contribution in [0, 0.1) is 13.8 Å². The van der Waals surface area contributed by atoms with Gasteiger partial charge in [0.1, 0.15) is 0 Å². The lowest BCUT2D eigenvalue weighted by atomic mass is 9.97. The maximum Gasteiger partial charge on any atom is 0.0414 e. The largest absolute Gasteiger partial charge is 0.399 e. The van der Waals surface area contributed by atoms with E-state index in [9.17, 15) is 0 Å². The summed E-state index contributed by atoms with van der Waals surface area (Å²) in [6, 6.07) is 12.0. The number of hydrogen-bond donors (Lipinski definition) is 2. The van der Waals surface area contributed by atoms with Crippen molar-refractivity contribution in [2.24, 2.45) is 0 Å². The first kappa shape index (κ1) is 13.4. The Hall–Kier alpha value is -1.67. The maximum atomic E-state index is 5.98. The smallest absolute Gasteiger partial charge is 0.0414 e. The van der Waals surface area contributed by atoms with E-state index in [2.05, 4.69) is 32.0 Å². The molecule has 0 unspecified atom stereocenters. The molecule has 17 heavy (non-hydrogen) atoms. The lowest BCUT2D eigenvalue weighted by Gasteiger charge is -2.10. The van der Waals surface area contributed by atoms with Gasteiger partial charge in [-0.25, -0.2) is 0 Å². The second-order valence-corrected chi connectivity index (χ2v) is 4.17. The van der Waals surface area contributed by atoms with Crippen molar-refractivity contribution in [3.63, 3.8) is 0 Å². The number of nitrogens with two attached hydrogens (primary N) is 2. The van der Waals surface area contributed by atoms with E-state index in [1.165, 1.54) is 16.7 Å². The van der Waals surface area contributed by atoms with Gasteiger partial charge in [-0.15, -0.1) is 12.4 Å². The number of aryl methyl sites for hydroxylation is 2. The zero-order valence-electron chi connectivity index (χ0n) is 10.0. The average molecular weight is 249 g/mol. The molecule has 0 aliphatic carbocycles. The third-order valence-electron chi connectivity index (χ3n) is 2.75. The van der Waals surface area contributed by atoms with Gasteiger partial charge >= 0.3 is 0 Å². The van der Waals surface area contributed by atoms with Crippen LogP contribution in [0.25, 0.3) is 11.1 Å². The van der Waals surface area contributed by atoms with Gasteiger partial charge in [0.15, 0.2) is 0 Å². The molecule has 2 nitrogen and oxygen atoms in total. The number of halogens is 1. The van der Waals surface area contributed by atoms with Gasteiger partial charge in [-0.1, -0.05) is 29.8 Å². The van der Waals surface area contributed by atoms with Crippen LogP contribution in [0.3, 0.4) is 0 Å². The molecule has 4 N–H and O–H groups in total. The van der Waals surface area contributed by atoms with Gasteiger partial charge in [0.05, 0.1) is 0 Å². The Morgan fingerprint density at radius 3 is 2.06 bits per heavy atom. The van der Waals surface area contributed by atoms with E-state index in [1.54, 1.807) is 6.07 Å². The summed E-state index contributed by atoms with van der Waals surface area (Å²) in [4.78, 5) is 0. The summed E-state index contributed by atoms with van der Waals surface area (Å²) in [6.07, 6.45) is 0. The first-order valence-corrected chi connectivity index (χ1v) is 5.30. The maximum absolute atomic E-state index is 5.98. The van der Waals surface area contributed by atoms with Crippen LogP contribution in [0.4, 0.5) is 11.4 Å². The van der Waals surface area contributed by atoms with E-state index >= 15 is 0 Å².